The van der Waals surface area contributed by atoms with Crippen LogP contribution in [-0.2, 0) is 29.5 Å². The van der Waals surface area contributed by atoms with Crippen molar-refractivity contribution in [1.82, 2.24) is 25.7 Å². The third-order valence-electron chi connectivity index (χ3n) is 8.20. The van der Waals surface area contributed by atoms with Gasteiger partial charge >= 0.3 is 0 Å². The van der Waals surface area contributed by atoms with Gasteiger partial charge in [-0.15, -0.1) is 0 Å². The third-order valence-corrected chi connectivity index (χ3v) is 8.20. The highest BCUT2D eigenvalue weighted by atomic mass is 16.2. The van der Waals surface area contributed by atoms with Gasteiger partial charge in [-0.1, -0.05) is 66.4 Å². The van der Waals surface area contributed by atoms with Crippen LogP contribution in [0.15, 0.2) is 30.5 Å². The second-order valence-electron chi connectivity index (χ2n) is 11.7. The number of hydrogen-bond acceptors (Lipinski definition) is 5. The van der Waals surface area contributed by atoms with E-state index in [1.54, 1.807) is 24.0 Å². The topological polar surface area (TPSA) is 117 Å². The highest BCUT2D eigenvalue weighted by Gasteiger charge is 2.31. The van der Waals surface area contributed by atoms with Gasteiger partial charge in [-0.25, -0.2) is 0 Å². The molecule has 0 bridgehead atoms. The summed E-state index contributed by atoms with van der Waals surface area (Å²) in [6.45, 7) is 11.2. The number of rotatable bonds is 10. The van der Waals surface area contributed by atoms with Crippen LogP contribution in [0.5, 0.6) is 0 Å². The number of nitrogens with one attached hydrogen (secondary N) is 4. The summed E-state index contributed by atoms with van der Waals surface area (Å²) >= 11 is 0. The maximum Gasteiger partial charge on any atom is 0.270 e. The summed E-state index contributed by atoms with van der Waals surface area (Å²) in [5.74, 6) is 0.991. The Bertz CT molecular complexity index is 1110. The van der Waals surface area contributed by atoms with Crippen molar-refractivity contribution < 1.29 is 14.4 Å². The minimum absolute atomic E-state index is 0.122. The molecule has 1 aromatic heterocycles. The van der Waals surface area contributed by atoms with Gasteiger partial charge < -0.3 is 21.3 Å². The molecule has 2 aliphatic rings. The van der Waals surface area contributed by atoms with Crippen LogP contribution in [0.4, 0.5) is 5.69 Å². The van der Waals surface area contributed by atoms with Crippen molar-refractivity contribution in [3.05, 3.63) is 47.3 Å². The van der Waals surface area contributed by atoms with Gasteiger partial charge in [0.05, 0.1) is 0 Å². The van der Waals surface area contributed by atoms with Gasteiger partial charge in [-0.05, 0) is 79.8 Å². The Kier molecular flexibility index (Phi) is 15.3. The molecule has 1 saturated carbocycles. The van der Waals surface area contributed by atoms with Crippen LogP contribution in [0, 0.1) is 17.8 Å². The van der Waals surface area contributed by atoms with E-state index < -0.39 is 6.04 Å². The number of carbonyl (C=O) groups is 3. The highest BCUT2D eigenvalue weighted by molar-refractivity contribution is 6.00. The van der Waals surface area contributed by atoms with E-state index in [4.69, 9.17) is 0 Å². The summed E-state index contributed by atoms with van der Waals surface area (Å²) in [4.78, 5) is 36.1. The Morgan fingerprint density at radius 1 is 1.05 bits per heavy atom. The lowest BCUT2D eigenvalue weighted by Crippen LogP contribution is -2.48. The molecule has 42 heavy (non-hydrogen) atoms. The zero-order valence-electron chi connectivity index (χ0n) is 26.8. The van der Waals surface area contributed by atoms with Gasteiger partial charge in [0.2, 0.25) is 12.3 Å². The lowest BCUT2D eigenvalue weighted by Gasteiger charge is -2.26. The zero-order valence-corrected chi connectivity index (χ0v) is 26.8. The average Bonchev–Trinajstić information content (AvgIpc) is 3.46. The lowest BCUT2D eigenvalue weighted by molar-refractivity contribution is -0.119. The number of nitrogens with zero attached hydrogens (tertiary/aromatic N) is 2. The van der Waals surface area contributed by atoms with Crippen molar-refractivity contribution in [3.8, 4) is 0 Å². The molecule has 3 amide bonds. The fourth-order valence-electron chi connectivity index (χ4n) is 5.84. The molecule has 2 aliphatic carbocycles. The normalized spacial score (nSPS) is 17.8. The summed E-state index contributed by atoms with van der Waals surface area (Å²) in [7, 11) is 3.64. The number of fused-ring (bicyclic) bond motifs is 1. The standard InChI is InChI=1S/C24H32N4O2.C7H16N2O.C2H6/c1-16-13-18-9-10-20(15-19(18)14-16)26-24(30)22(17-7-5-3-4-6-8-17)27-23(29)21-11-12-25-28(21)2;1-6(2)7(8-3)4-9-5-10;1-2/h9-12,15-17,22H,3-8,13-14H2,1-2H3,(H,26,30)(H,27,29);5-8H,4H2,1-3H3,(H,9,10);1-2H3. The second-order valence-corrected chi connectivity index (χ2v) is 11.7. The monoisotopic (exact) mass is 582 g/mol. The van der Waals surface area contributed by atoms with E-state index in [1.807, 2.05) is 27.0 Å². The Labute approximate surface area is 253 Å². The highest BCUT2D eigenvalue weighted by Crippen LogP contribution is 2.30. The number of aromatic nitrogens is 2. The first-order valence-corrected chi connectivity index (χ1v) is 15.8. The summed E-state index contributed by atoms with van der Waals surface area (Å²) in [6.07, 6.45) is 11.0. The second kappa shape index (κ2) is 18.4. The lowest BCUT2D eigenvalue weighted by atomic mass is 9.91. The SMILES string of the molecule is CC.CC1Cc2ccc(NC(=O)C(NC(=O)c3ccnn3C)C3CCCCCC3)cc2C1.CNC(CNC=O)C(C)C. The fourth-order valence-corrected chi connectivity index (χ4v) is 5.84. The van der Waals surface area contributed by atoms with Crippen LogP contribution >= 0.6 is 0 Å². The molecule has 0 aliphatic heterocycles. The number of likely N-dealkylation sites (N-methyl/N-ethyl adjacent to an activating group) is 1. The maximum absolute atomic E-state index is 13.3. The van der Waals surface area contributed by atoms with Crippen LogP contribution in [0.25, 0.3) is 0 Å². The molecule has 4 N–H and O–H groups in total. The fraction of sp³-hybridized carbons (Fsp3) is 0.636. The Morgan fingerprint density at radius 2 is 1.71 bits per heavy atom. The maximum atomic E-state index is 13.3. The van der Waals surface area contributed by atoms with Crippen molar-refractivity contribution in [1.29, 1.82) is 0 Å². The number of aryl methyl sites for hydroxylation is 1. The molecule has 0 radical (unpaired) electrons. The van der Waals surface area contributed by atoms with Crippen molar-refractivity contribution in [3.63, 3.8) is 0 Å². The van der Waals surface area contributed by atoms with Gasteiger partial charge in [-0.3, -0.25) is 19.1 Å². The molecular formula is C33H54N6O3. The van der Waals surface area contributed by atoms with Gasteiger partial charge in [0.25, 0.3) is 5.91 Å². The molecule has 234 valence electrons. The van der Waals surface area contributed by atoms with E-state index in [0.717, 1.165) is 50.6 Å². The first-order chi connectivity index (χ1) is 20.2. The molecule has 3 atom stereocenters. The molecule has 3 unspecified atom stereocenters. The zero-order chi connectivity index (χ0) is 31.1. The molecule has 0 saturated heterocycles. The summed E-state index contributed by atoms with van der Waals surface area (Å²) < 4.78 is 1.54. The van der Waals surface area contributed by atoms with Crippen LogP contribution in [0.3, 0.4) is 0 Å². The van der Waals surface area contributed by atoms with Crippen LogP contribution in [0.2, 0.25) is 0 Å². The van der Waals surface area contributed by atoms with Crippen molar-refractivity contribution in [2.45, 2.75) is 98.1 Å². The van der Waals surface area contributed by atoms with E-state index in [9.17, 15) is 14.4 Å². The van der Waals surface area contributed by atoms with Gasteiger partial charge in [0, 0.05) is 31.5 Å². The minimum Gasteiger partial charge on any atom is -0.357 e. The van der Waals surface area contributed by atoms with E-state index in [1.165, 1.54) is 24.0 Å². The largest absolute Gasteiger partial charge is 0.357 e. The molecule has 0 spiro atoms. The smallest absolute Gasteiger partial charge is 0.270 e. The Balaban J connectivity index is 0.000000438. The number of hydrogen-bond donors (Lipinski definition) is 4. The molecule has 1 aromatic carbocycles. The molecular weight excluding hydrogens is 528 g/mol. The Morgan fingerprint density at radius 3 is 2.29 bits per heavy atom. The number of amides is 3. The molecule has 9 nitrogen and oxygen atoms in total. The number of benzene rings is 1. The van der Waals surface area contributed by atoms with Gasteiger partial charge in [0.1, 0.15) is 11.7 Å². The minimum atomic E-state index is -0.544. The number of anilines is 1. The summed E-state index contributed by atoms with van der Waals surface area (Å²) in [5.41, 5.74) is 3.99. The van der Waals surface area contributed by atoms with Crippen molar-refractivity contribution in [2.24, 2.45) is 24.8 Å². The van der Waals surface area contributed by atoms with Crippen LogP contribution < -0.4 is 21.3 Å². The van der Waals surface area contributed by atoms with Crippen molar-refractivity contribution in [2.75, 3.05) is 18.9 Å². The Hall–Kier alpha value is -3.20. The predicted molar refractivity (Wildman–Crippen MR) is 170 cm³/mol. The molecule has 9 heteroatoms. The van der Waals surface area contributed by atoms with E-state index in [0.29, 0.717) is 30.1 Å². The summed E-state index contributed by atoms with van der Waals surface area (Å²) in [6, 6.07) is 7.73. The molecule has 2 aromatic rings. The summed E-state index contributed by atoms with van der Waals surface area (Å²) in [5, 5.41) is 16.0. The quantitative estimate of drug-likeness (QED) is 0.236. The van der Waals surface area contributed by atoms with Gasteiger partial charge in [0.15, 0.2) is 0 Å². The third kappa shape index (κ3) is 10.6. The average molecular weight is 583 g/mol. The van der Waals surface area contributed by atoms with Crippen LogP contribution in [-0.4, -0.2) is 53.7 Å². The van der Waals surface area contributed by atoms with E-state index >= 15 is 0 Å². The molecule has 1 fully saturated rings. The molecule has 4 rings (SSSR count). The van der Waals surface area contributed by atoms with Gasteiger partial charge in [-0.2, -0.15) is 5.10 Å². The van der Waals surface area contributed by atoms with Crippen molar-refractivity contribution >= 4 is 23.9 Å². The first kappa shape index (κ1) is 35.0. The van der Waals surface area contributed by atoms with E-state index in [2.05, 4.69) is 59.3 Å². The first-order valence-electron chi connectivity index (χ1n) is 15.8. The van der Waals surface area contributed by atoms with E-state index in [-0.39, 0.29) is 17.7 Å². The van der Waals surface area contributed by atoms with Crippen LogP contribution in [0.1, 0.15) is 94.8 Å². The number of carbonyl (C=O) groups excluding carboxylic acids is 3. The molecule has 1 heterocycles. The predicted octanol–water partition coefficient (Wildman–Crippen LogP) is 4.86.